The van der Waals surface area contributed by atoms with Gasteiger partial charge in [0.1, 0.15) is 19.0 Å². The quantitative estimate of drug-likeness (QED) is 0.847. The average molecular weight is 392 g/mol. The number of hydrogen-bond donors (Lipinski definition) is 1. The van der Waals surface area contributed by atoms with Crippen LogP contribution in [0.15, 0.2) is 46.9 Å². The van der Waals surface area contributed by atoms with E-state index < -0.39 is 0 Å². The van der Waals surface area contributed by atoms with E-state index in [4.69, 9.17) is 14.2 Å². The summed E-state index contributed by atoms with van der Waals surface area (Å²) in [7, 11) is 0. The van der Waals surface area contributed by atoms with Crippen LogP contribution in [0.4, 0.5) is 0 Å². The Hall–Kier alpha value is -2.21. The Morgan fingerprint density at radius 2 is 2.00 bits per heavy atom. The maximum Gasteiger partial charge on any atom is 0.258 e. The van der Waals surface area contributed by atoms with Gasteiger partial charge in [0, 0.05) is 4.47 Å². The Balaban J connectivity index is 1.56. The van der Waals surface area contributed by atoms with Crippen LogP contribution in [-0.2, 0) is 4.79 Å². The van der Waals surface area contributed by atoms with Crippen molar-refractivity contribution >= 4 is 21.8 Å². The molecule has 5 nitrogen and oxygen atoms in total. The van der Waals surface area contributed by atoms with Crippen molar-refractivity contribution in [1.82, 2.24) is 5.32 Å². The maximum atomic E-state index is 12.1. The van der Waals surface area contributed by atoms with Crippen LogP contribution in [-0.4, -0.2) is 25.7 Å². The van der Waals surface area contributed by atoms with Crippen molar-refractivity contribution in [3.63, 3.8) is 0 Å². The van der Waals surface area contributed by atoms with Crippen LogP contribution in [0.2, 0.25) is 0 Å². The van der Waals surface area contributed by atoms with Crippen LogP contribution in [0.25, 0.3) is 0 Å². The zero-order chi connectivity index (χ0) is 16.9. The summed E-state index contributed by atoms with van der Waals surface area (Å²) in [6.45, 7) is 2.98. The van der Waals surface area contributed by atoms with E-state index in [1.54, 1.807) is 0 Å². The number of hydrogen-bond acceptors (Lipinski definition) is 4. The van der Waals surface area contributed by atoms with Gasteiger partial charge in [-0.3, -0.25) is 4.79 Å². The number of carbonyl (C=O) groups is 1. The number of halogens is 1. The minimum atomic E-state index is -0.183. The first-order chi connectivity index (χ1) is 11.6. The monoisotopic (exact) mass is 391 g/mol. The summed E-state index contributed by atoms with van der Waals surface area (Å²) in [6.07, 6.45) is 0. The lowest BCUT2D eigenvalue weighted by molar-refractivity contribution is -0.123. The van der Waals surface area contributed by atoms with Crippen molar-refractivity contribution in [1.29, 1.82) is 0 Å². The second kappa shape index (κ2) is 7.57. The second-order valence-corrected chi connectivity index (χ2v) is 6.35. The fourth-order valence-electron chi connectivity index (χ4n) is 2.40. The minimum absolute atomic E-state index is 0.0364. The number of rotatable bonds is 5. The highest BCUT2D eigenvalue weighted by Gasteiger charge is 2.16. The van der Waals surface area contributed by atoms with Gasteiger partial charge < -0.3 is 19.5 Å². The molecule has 0 fully saturated rings. The third kappa shape index (κ3) is 4.20. The Bertz CT molecular complexity index is 735. The zero-order valence-corrected chi connectivity index (χ0v) is 14.8. The number of nitrogens with one attached hydrogen (secondary N) is 1. The molecule has 1 unspecified atom stereocenters. The van der Waals surface area contributed by atoms with E-state index in [0.717, 1.165) is 15.8 Å². The zero-order valence-electron chi connectivity index (χ0n) is 13.3. The van der Waals surface area contributed by atoms with Crippen LogP contribution < -0.4 is 19.5 Å². The van der Waals surface area contributed by atoms with Gasteiger partial charge >= 0.3 is 0 Å². The molecule has 1 amide bonds. The summed E-state index contributed by atoms with van der Waals surface area (Å²) in [5.41, 5.74) is 0.954. The number of benzene rings is 2. The predicted molar refractivity (Wildman–Crippen MR) is 93.6 cm³/mol. The van der Waals surface area contributed by atoms with Gasteiger partial charge in [-0.2, -0.15) is 0 Å². The molecule has 24 heavy (non-hydrogen) atoms. The molecule has 2 aromatic carbocycles. The van der Waals surface area contributed by atoms with E-state index >= 15 is 0 Å². The van der Waals surface area contributed by atoms with Crippen molar-refractivity contribution in [3.05, 3.63) is 52.5 Å². The molecule has 1 atom stereocenters. The first-order valence-electron chi connectivity index (χ1n) is 7.69. The van der Waals surface area contributed by atoms with E-state index in [2.05, 4.69) is 21.2 Å². The molecule has 126 valence electrons. The van der Waals surface area contributed by atoms with Crippen LogP contribution >= 0.6 is 15.9 Å². The van der Waals surface area contributed by atoms with E-state index in [1.807, 2.05) is 49.4 Å². The summed E-state index contributed by atoms with van der Waals surface area (Å²) in [6, 6.07) is 12.9. The van der Waals surface area contributed by atoms with Crippen molar-refractivity contribution in [3.8, 4) is 17.2 Å². The number of amides is 1. The van der Waals surface area contributed by atoms with Crippen LogP contribution in [0.3, 0.4) is 0 Å². The minimum Gasteiger partial charge on any atom is -0.486 e. The molecule has 0 bridgehead atoms. The van der Waals surface area contributed by atoms with Crippen molar-refractivity contribution in [2.75, 3.05) is 19.8 Å². The molecule has 0 aliphatic carbocycles. The largest absolute Gasteiger partial charge is 0.486 e. The molecule has 1 aliphatic rings. The molecule has 3 rings (SSSR count). The predicted octanol–water partition coefficient (Wildman–Crippen LogP) is 3.48. The van der Waals surface area contributed by atoms with E-state index in [0.29, 0.717) is 24.7 Å². The van der Waals surface area contributed by atoms with Gasteiger partial charge in [0.05, 0.1) is 6.04 Å². The third-order valence-corrected chi connectivity index (χ3v) is 4.10. The van der Waals surface area contributed by atoms with Gasteiger partial charge in [-0.15, -0.1) is 0 Å². The molecule has 1 aliphatic heterocycles. The van der Waals surface area contributed by atoms with Gasteiger partial charge in [-0.05, 0) is 42.8 Å². The molecular weight excluding hydrogens is 374 g/mol. The van der Waals surface area contributed by atoms with E-state index in [9.17, 15) is 4.79 Å². The molecule has 2 aromatic rings. The highest BCUT2D eigenvalue weighted by molar-refractivity contribution is 9.10. The van der Waals surface area contributed by atoms with Gasteiger partial charge in [-0.25, -0.2) is 0 Å². The second-order valence-electron chi connectivity index (χ2n) is 5.44. The topological polar surface area (TPSA) is 56.8 Å². The lowest BCUT2D eigenvalue weighted by atomic mass is 10.1. The van der Waals surface area contributed by atoms with Gasteiger partial charge in [0.25, 0.3) is 5.91 Å². The highest BCUT2D eigenvalue weighted by atomic mass is 79.9. The normalized spacial score (nSPS) is 13.9. The Morgan fingerprint density at radius 3 is 2.79 bits per heavy atom. The standard InChI is InChI=1S/C18H18BrNO4/c1-12(13-5-6-16-17(9-13)23-8-7-22-16)20-18(21)11-24-15-4-2-3-14(19)10-15/h2-6,9-10,12H,7-8,11H2,1H3,(H,20,21). The smallest absolute Gasteiger partial charge is 0.258 e. The fraction of sp³-hybridized carbons (Fsp3) is 0.278. The van der Waals surface area contributed by atoms with E-state index in [-0.39, 0.29) is 18.6 Å². The van der Waals surface area contributed by atoms with Crippen molar-refractivity contribution in [2.45, 2.75) is 13.0 Å². The molecule has 0 spiro atoms. The number of fused-ring (bicyclic) bond motifs is 1. The fourth-order valence-corrected chi connectivity index (χ4v) is 2.78. The van der Waals surface area contributed by atoms with Gasteiger partial charge in [0.2, 0.25) is 0 Å². The highest BCUT2D eigenvalue weighted by Crippen LogP contribution is 2.32. The molecule has 0 saturated heterocycles. The third-order valence-electron chi connectivity index (χ3n) is 3.61. The first kappa shape index (κ1) is 16.6. The van der Waals surface area contributed by atoms with Crippen LogP contribution in [0, 0.1) is 0 Å². The van der Waals surface area contributed by atoms with Gasteiger partial charge in [0.15, 0.2) is 18.1 Å². The molecule has 1 heterocycles. The molecular formula is C18H18BrNO4. The van der Waals surface area contributed by atoms with Crippen molar-refractivity contribution in [2.24, 2.45) is 0 Å². The summed E-state index contributed by atoms with van der Waals surface area (Å²) in [4.78, 5) is 12.1. The number of carbonyl (C=O) groups excluding carboxylic acids is 1. The summed E-state index contributed by atoms with van der Waals surface area (Å²) in [5, 5.41) is 2.92. The Morgan fingerprint density at radius 1 is 1.21 bits per heavy atom. The SMILES string of the molecule is CC(NC(=O)COc1cccc(Br)c1)c1ccc2c(c1)OCCO2. The van der Waals surface area contributed by atoms with E-state index in [1.165, 1.54) is 0 Å². The molecule has 1 N–H and O–H groups in total. The van der Waals surface area contributed by atoms with Crippen LogP contribution in [0.1, 0.15) is 18.5 Å². The summed E-state index contributed by atoms with van der Waals surface area (Å²) in [5.74, 6) is 1.91. The Labute approximate surface area is 149 Å². The molecule has 0 saturated carbocycles. The molecule has 0 radical (unpaired) electrons. The maximum absolute atomic E-state index is 12.1. The lowest BCUT2D eigenvalue weighted by Crippen LogP contribution is -2.31. The molecule has 6 heteroatoms. The van der Waals surface area contributed by atoms with Crippen LogP contribution in [0.5, 0.6) is 17.2 Å². The van der Waals surface area contributed by atoms with Gasteiger partial charge in [-0.1, -0.05) is 28.1 Å². The number of ether oxygens (including phenoxy) is 3. The Kier molecular flexibility index (Phi) is 5.25. The average Bonchev–Trinajstić information content (AvgIpc) is 2.59. The summed E-state index contributed by atoms with van der Waals surface area (Å²) < 4.78 is 17.5. The van der Waals surface area contributed by atoms with Crippen molar-refractivity contribution < 1.29 is 19.0 Å². The lowest BCUT2D eigenvalue weighted by Gasteiger charge is -2.21. The molecule has 0 aromatic heterocycles. The summed E-state index contributed by atoms with van der Waals surface area (Å²) >= 11 is 3.37. The first-order valence-corrected chi connectivity index (χ1v) is 8.48.